The van der Waals surface area contributed by atoms with Crippen LogP contribution in [-0.4, -0.2) is 41.9 Å². The quantitative estimate of drug-likeness (QED) is 0.417. The fourth-order valence-corrected chi connectivity index (χ4v) is 4.49. The van der Waals surface area contributed by atoms with E-state index in [4.69, 9.17) is 0 Å². The van der Waals surface area contributed by atoms with Gasteiger partial charge in [-0.2, -0.15) is 0 Å². The van der Waals surface area contributed by atoms with Crippen LogP contribution in [0.15, 0.2) is 46.1 Å². The first-order valence-electron chi connectivity index (χ1n) is 8.35. The Bertz CT molecular complexity index is 923. The highest BCUT2D eigenvalue weighted by Gasteiger charge is 2.11. The lowest BCUT2D eigenvalue weighted by molar-refractivity contribution is -0.115. The molecule has 0 aliphatic rings. The van der Waals surface area contributed by atoms with E-state index in [1.165, 1.54) is 34.4 Å². The van der Waals surface area contributed by atoms with Gasteiger partial charge in [-0.15, -0.1) is 21.5 Å². The van der Waals surface area contributed by atoms with Crippen molar-refractivity contribution in [3.05, 3.63) is 46.7 Å². The molecular formula is C18H19N5O2S3. The summed E-state index contributed by atoms with van der Waals surface area (Å²) >= 11 is 4.08. The first-order chi connectivity index (χ1) is 13.5. The summed E-state index contributed by atoms with van der Waals surface area (Å²) in [5, 5.41) is 15.9. The van der Waals surface area contributed by atoms with Gasteiger partial charge < -0.3 is 15.5 Å². The predicted octanol–water partition coefficient (Wildman–Crippen LogP) is 3.58. The number of carbonyl (C=O) groups excluding carboxylic acids is 2. The summed E-state index contributed by atoms with van der Waals surface area (Å²) in [7, 11) is 3.93. The fourth-order valence-electron chi connectivity index (χ4n) is 2.22. The Morgan fingerprint density at radius 2 is 1.86 bits per heavy atom. The maximum atomic E-state index is 12.1. The topological polar surface area (TPSA) is 87.2 Å². The van der Waals surface area contributed by atoms with Gasteiger partial charge in [-0.05, 0) is 35.7 Å². The van der Waals surface area contributed by atoms with Gasteiger partial charge in [-0.1, -0.05) is 29.2 Å². The number of hydrogen-bond donors (Lipinski definition) is 2. The molecule has 0 unspecified atom stereocenters. The van der Waals surface area contributed by atoms with E-state index in [1.807, 2.05) is 60.8 Å². The molecule has 2 amide bonds. The van der Waals surface area contributed by atoms with Gasteiger partial charge >= 0.3 is 0 Å². The third-order valence-corrected chi connectivity index (χ3v) is 6.41. The van der Waals surface area contributed by atoms with E-state index in [1.54, 1.807) is 0 Å². The minimum absolute atomic E-state index is 0.124. The Kier molecular flexibility index (Phi) is 7.01. The Morgan fingerprint density at radius 3 is 2.54 bits per heavy atom. The smallest absolute Gasteiger partial charge is 0.234 e. The number of amides is 2. The van der Waals surface area contributed by atoms with Gasteiger partial charge in [0.2, 0.25) is 16.9 Å². The molecule has 7 nitrogen and oxygen atoms in total. The largest absolute Gasteiger partial charge is 0.378 e. The van der Waals surface area contributed by atoms with Crippen molar-refractivity contribution in [1.82, 2.24) is 10.2 Å². The Balaban J connectivity index is 1.44. The summed E-state index contributed by atoms with van der Waals surface area (Å²) in [6.07, 6.45) is 0.314. The van der Waals surface area contributed by atoms with Gasteiger partial charge in [0.05, 0.1) is 12.2 Å². The average Bonchev–Trinajstić information content (AvgIpc) is 3.32. The van der Waals surface area contributed by atoms with Crippen molar-refractivity contribution in [3.63, 3.8) is 0 Å². The zero-order chi connectivity index (χ0) is 19.9. The summed E-state index contributed by atoms with van der Waals surface area (Å²) in [5.41, 5.74) is 1.81. The average molecular weight is 434 g/mol. The van der Waals surface area contributed by atoms with Crippen molar-refractivity contribution in [2.24, 2.45) is 0 Å². The van der Waals surface area contributed by atoms with E-state index in [0.29, 0.717) is 15.9 Å². The van der Waals surface area contributed by atoms with E-state index < -0.39 is 0 Å². The molecule has 3 rings (SSSR count). The maximum absolute atomic E-state index is 12.1. The van der Waals surface area contributed by atoms with Crippen molar-refractivity contribution in [2.75, 3.05) is 35.4 Å². The van der Waals surface area contributed by atoms with Crippen molar-refractivity contribution >= 4 is 62.8 Å². The van der Waals surface area contributed by atoms with Gasteiger partial charge in [-0.25, -0.2) is 0 Å². The van der Waals surface area contributed by atoms with E-state index >= 15 is 0 Å². The highest BCUT2D eigenvalue weighted by atomic mass is 32.2. The van der Waals surface area contributed by atoms with E-state index in [-0.39, 0.29) is 17.6 Å². The Hall–Kier alpha value is -2.43. The number of carbonyl (C=O) groups is 2. The van der Waals surface area contributed by atoms with E-state index in [2.05, 4.69) is 20.8 Å². The van der Waals surface area contributed by atoms with Gasteiger partial charge in [-0.3, -0.25) is 9.59 Å². The van der Waals surface area contributed by atoms with Gasteiger partial charge in [0.25, 0.3) is 0 Å². The van der Waals surface area contributed by atoms with Crippen molar-refractivity contribution in [2.45, 2.75) is 10.8 Å². The molecule has 0 spiro atoms. The lowest BCUT2D eigenvalue weighted by Gasteiger charge is -2.12. The fraction of sp³-hybridized carbons (Fsp3) is 0.222. The summed E-state index contributed by atoms with van der Waals surface area (Å²) in [4.78, 5) is 27.1. The van der Waals surface area contributed by atoms with Crippen LogP contribution in [0.1, 0.15) is 4.88 Å². The third kappa shape index (κ3) is 6.04. The van der Waals surface area contributed by atoms with Crippen LogP contribution in [0.2, 0.25) is 0 Å². The molecule has 1 aromatic carbocycles. The monoisotopic (exact) mass is 433 g/mol. The van der Waals surface area contributed by atoms with E-state index in [9.17, 15) is 9.59 Å². The molecule has 0 saturated carbocycles. The van der Waals surface area contributed by atoms with Crippen LogP contribution in [0.4, 0.5) is 16.5 Å². The number of nitrogens with zero attached hydrogens (tertiary/aromatic N) is 3. The second-order valence-electron chi connectivity index (χ2n) is 5.96. The molecule has 2 N–H and O–H groups in total. The molecule has 0 atom stereocenters. The summed E-state index contributed by atoms with van der Waals surface area (Å²) < 4.78 is 0.629. The number of aromatic nitrogens is 2. The first kappa shape index (κ1) is 20.3. The highest BCUT2D eigenvalue weighted by Crippen LogP contribution is 2.26. The highest BCUT2D eigenvalue weighted by molar-refractivity contribution is 8.01. The molecule has 10 heteroatoms. The third-order valence-electron chi connectivity index (χ3n) is 3.56. The molecule has 0 radical (unpaired) electrons. The molecule has 2 heterocycles. The summed E-state index contributed by atoms with van der Waals surface area (Å²) in [6, 6.07) is 11.4. The molecule has 0 aliphatic heterocycles. The lowest BCUT2D eigenvalue weighted by Crippen LogP contribution is -2.14. The molecule has 3 aromatic rings. The van der Waals surface area contributed by atoms with Crippen LogP contribution < -0.4 is 15.5 Å². The lowest BCUT2D eigenvalue weighted by atomic mass is 10.2. The number of thioether (sulfide) groups is 1. The summed E-state index contributed by atoms with van der Waals surface area (Å²) in [5.74, 6) is -0.0390. The van der Waals surface area contributed by atoms with Crippen LogP contribution in [-0.2, 0) is 16.0 Å². The van der Waals surface area contributed by atoms with Crippen LogP contribution in [0.5, 0.6) is 0 Å². The minimum atomic E-state index is -0.130. The van der Waals surface area contributed by atoms with Crippen LogP contribution >= 0.6 is 34.4 Å². The van der Waals surface area contributed by atoms with Gasteiger partial charge in [0.15, 0.2) is 4.34 Å². The number of rotatable bonds is 8. The van der Waals surface area contributed by atoms with Crippen LogP contribution in [0.3, 0.4) is 0 Å². The zero-order valence-electron chi connectivity index (χ0n) is 15.3. The van der Waals surface area contributed by atoms with Crippen molar-refractivity contribution < 1.29 is 9.59 Å². The molecule has 2 aromatic heterocycles. The molecule has 0 bridgehead atoms. The molecular weight excluding hydrogens is 414 g/mol. The molecule has 146 valence electrons. The standard InChI is InChI=1S/C18H19N5O2S3/c1-23(2)13-7-5-12(6-8-13)19-16(25)11-27-18-22-21-17(28-18)20-15(24)10-14-4-3-9-26-14/h3-9H,10-11H2,1-2H3,(H,19,25)(H,20,21,24). The first-order valence-corrected chi connectivity index (χ1v) is 11.0. The zero-order valence-corrected chi connectivity index (χ0v) is 17.8. The van der Waals surface area contributed by atoms with Crippen LogP contribution in [0, 0.1) is 0 Å². The van der Waals surface area contributed by atoms with Crippen LogP contribution in [0.25, 0.3) is 0 Å². The Morgan fingerprint density at radius 1 is 1.07 bits per heavy atom. The van der Waals surface area contributed by atoms with E-state index in [0.717, 1.165) is 16.3 Å². The molecule has 0 saturated heterocycles. The second-order valence-corrected chi connectivity index (χ2v) is 9.19. The minimum Gasteiger partial charge on any atom is -0.378 e. The molecule has 28 heavy (non-hydrogen) atoms. The van der Waals surface area contributed by atoms with Gasteiger partial charge in [0.1, 0.15) is 0 Å². The number of benzene rings is 1. The number of anilines is 3. The second kappa shape index (κ2) is 9.67. The normalized spacial score (nSPS) is 10.5. The van der Waals surface area contributed by atoms with Crippen molar-refractivity contribution in [3.8, 4) is 0 Å². The summed E-state index contributed by atoms with van der Waals surface area (Å²) in [6.45, 7) is 0. The SMILES string of the molecule is CN(C)c1ccc(NC(=O)CSc2nnc(NC(=O)Cc3cccs3)s2)cc1. The van der Waals surface area contributed by atoms with Gasteiger partial charge in [0, 0.05) is 30.3 Å². The molecule has 0 fully saturated rings. The number of hydrogen-bond acceptors (Lipinski definition) is 8. The number of thiophene rings is 1. The molecule has 0 aliphatic carbocycles. The number of nitrogens with one attached hydrogen (secondary N) is 2. The van der Waals surface area contributed by atoms with Crippen molar-refractivity contribution in [1.29, 1.82) is 0 Å². The Labute approximate surface area is 175 Å². The predicted molar refractivity (Wildman–Crippen MR) is 117 cm³/mol. The maximum Gasteiger partial charge on any atom is 0.234 e.